The van der Waals surface area contributed by atoms with Gasteiger partial charge in [0.1, 0.15) is 11.9 Å². The SMILES string of the molecule is CCCCNC(=O)[C@@H](C)N(Cc1c(Cl)cccc1Cl)C(=O)CSCc1ccccc1F. The molecule has 0 saturated heterocycles. The van der Waals surface area contributed by atoms with Crippen LogP contribution in [0.2, 0.25) is 10.0 Å². The Morgan fingerprint density at radius 2 is 1.81 bits per heavy atom. The van der Waals surface area contributed by atoms with Gasteiger partial charge in [-0.3, -0.25) is 9.59 Å². The second kappa shape index (κ2) is 12.9. The largest absolute Gasteiger partial charge is 0.354 e. The van der Waals surface area contributed by atoms with E-state index in [0.717, 1.165) is 12.8 Å². The van der Waals surface area contributed by atoms with Gasteiger partial charge in [0.25, 0.3) is 0 Å². The molecule has 0 aliphatic heterocycles. The molecule has 2 amide bonds. The quantitative estimate of drug-likeness (QED) is 0.416. The minimum Gasteiger partial charge on any atom is -0.354 e. The molecule has 2 aromatic rings. The zero-order valence-corrected chi connectivity index (χ0v) is 20.0. The van der Waals surface area contributed by atoms with Crippen LogP contribution in [0.1, 0.15) is 37.8 Å². The summed E-state index contributed by atoms with van der Waals surface area (Å²) in [6, 6.07) is 10.9. The van der Waals surface area contributed by atoms with Crippen molar-refractivity contribution in [3.8, 4) is 0 Å². The van der Waals surface area contributed by atoms with Crippen molar-refractivity contribution >= 4 is 46.8 Å². The minimum atomic E-state index is -0.703. The summed E-state index contributed by atoms with van der Waals surface area (Å²) in [5, 5.41) is 3.73. The van der Waals surface area contributed by atoms with Gasteiger partial charge in [-0.25, -0.2) is 4.39 Å². The number of halogens is 3. The van der Waals surface area contributed by atoms with E-state index in [2.05, 4.69) is 5.32 Å². The third kappa shape index (κ3) is 7.70. The maximum absolute atomic E-state index is 13.8. The number of rotatable bonds is 11. The van der Waals surface area contributed by atoms with Crippen LogP contribution >= 0.6 is 35.0 Å². The van der Waals surface area contributed by atoms with Gasteiger partial charge in [-0.1, -0.05) is 60.8 Å². The van der Waals surface area contributed by atoms with E-state index < -0.39 is 6.04 Å². The van der Waals surface area contributed by atoms with Crippen molar-refractivity contribution in [2.45, 2.75) is 45.0 Å². The average Bonchev–Trinajstić information content (AvgIpc) is 2.74. The second-order valence-electron chi connectivity index (χ2n) is 7.13. The fourth-order valence-electron chi connectivity index (χ4n) is 2.92. The average molecular weight is 485 g/mol. The fraction of sp³-hybridized carbons (Fsp3) is 0.391. The molecule has 0 unspecified atom stereocenters. The standard InChI is InChI=1S/C23H27Cl2FN2O2S/c1-3-4-12-27-23(30)16(2)28(13-18-19(24)9-7-10-20(18)25)22(29)15-31-14-17-8-5-6-11-21(17)26/h5-11,16H,3-4,12-15H2,1-2H3,(H,27,30)/t16-/m1/s1. The highest BCUT2D eigenvalue weighted by Gasteiger charge is 2.27. The lowest BCUT2D eigenvalue weighted by molar-refractivity contribution is -0.138. The van der Waals surface area contributed by atoms with E-state index in [9.17, 15) is 14.0 Å². The molecule has 8 heteroatoms. The van der Waals surface area contributed by atoms with Crippen LogP contribution in [0, 0.1) is 5.82 Å². The predicted molar refractivity (Wildman–Crippen MR) is 127 cm³/mol. The predicted octanol–water partition coefficient (Wildman–Crippen LogP) is 5.70. The third-order valence-corrected chi connectivity index (χ3v) is 6.50. The summed E-state index contributed by atoms with van der Waals surface area (Å²) >= 11 is 13.9. The number of unbranched alkanes of at least 4 members (excludes halogenated alkanes) is 1. The van der Waals surface area contributed by atoms with Gasteiger partial charge in [0.15, 0.2) is 0 Å². The first kappa shape index (κ1) is 25.5. The summed E-state index contributed by atoms with van der Waals surface area (Å²) in [7, 11) is 0. The normalized spacial score (nSPS) is 11.8. The third-order valence-electron chi connectivity index (χ3n) is 4.83. The zero-order chi connectivity index (χ0) is 22.8. The number of nitrogens with zero attached hydrogens (tertiary/aromatic N) is 1. The van der Waals surface area contributed by atoms with Crippen molar-refractivity contribution < 1.29 is 14.0 Å². The monoisotopic (exact) mass is 484 g/mol. The Bertz CT molecular complexity index is 877. The lowest BCUT2D eigenvalue weighted by Crippen LogP contribution is -2.48. The van der Waals surface area contributed by atoms with Crippen LogP contribution in [-0.4, -0.2) is 35.1 Å². The Morgan fingerprint density at radius 3 is 2.45 bits per heavy atom. The van der Waals surface area contributed by atoms with Crippen molar-refractivity contribution in [3.05, 3.63) is 69.5 Å². The van der Waals surface area contributed by atoms with E-state index in [1.807, 2.05) is 6.92 Å². The molecule has 0 aliphatic carbocycles. The van der Waals surface area contributed by atoms with Gasteiger partial charge in [-0.05, 0) is 37.1 Å². The Kier molecular flexibility index (Phi) is 10.6. The molecule has 31 heavy (non-hydrogen) atoms. The molecule has 1 atom stereocenters. The van der Waals surface area contributed by atoms with Crippen molar-refractivity contribution in [3.63, 3.8) is 0 Å². The number of benzene rings is 2. The van der Waals surface area contributed by atoms with E-state index in [4.69, 9.17) is 23.2 Å². The maximum Gasteiger partial charge on any atom is 0.242 e. The van der Waals surface area contributed by atoms with Crippen LogP contribution in [0.5, 0.6) is 0 Å². The molecule has 0 bridgehead atoms. The van der Waals surface area contributed by atoms with Gasteiger partial charge in [0.05, 0.1) is 5.75 Å². The van der Waals surface area contributed by atoms with E-state index in [1.54, 1.807) is 43.3 Å². The molecule has 0 saturated carbocycles. The topological polar surface area (TPSA) is 49.4 Å². The summed E-state index contributed by atoms with van der Waals surface area (Å²) in [5.41, 5.74) is 1.12. The van der Waals surface area contributed by atoms with Crippen LogP contribution in [-0.2, 0) is 21.9 Å². The lowest BCUT2D eigenvalue weighted by Gasteiger charge is -2.29. The molecular formula is C23H27Cl2FN2O2S. The summed E-state index contributed by atoms with van der Waals surface area (Å²) < 4.78 is 13.8. The van der Waals surface area contributed by atoms with Gasteiger partial charge >= 0.3 is 0 Å². The maximum atomic E-state index is 13.8. The first-order chi connectivity index (χ1) is 14.8. The Balaban J connectivity index is 2.12. The molecular weight excluding hydrogens is 458 g/mol. The van der Waals surface area contributed by atoms with E-state index in [0.29, 0.717) is 33.5 Å². The number of carbonyl (C=O) groups excluding carboxylic acids is 2. The molecule has 168 valence electrons. The molecule has 2 aromatic carbocycles. The lowest BCUT2D eigenvalue weighted by atomic mass is 10.1. The summed E-state index contributed by atoms with van der Waals surface area (Å²) in [6.07, 6.45) is 1.82. The number of hydrogen-bond acceptors (Lipinski definition) is 3. The molecule has 4 nitrogen and oxygen atoms in total. The van der Waals surface area contributed by atoms with Gasteiger partial charge in [0, 0.05) is 34.5 Å². The number of nitrogens with one attached hydrogen (secondary N) is 1. The van der Waals surface area contributed by atoms with Crippen molar-refractivity contribution in [2.75, 3.05) is 12.3 Å². The summed E-state index contributed by atoms with van der Waals surface area (Å²) in [5.74, 6) is -0.315. The van der Waals surface area contributed by atoms with Crippen LogP contribution in [0.4, 0.5) is 4.39 Å². The summed E-state index contributed by atoms with van der Waals surface area (Å²) in [4.78, 5) is 27.2. The highest BCUT2D eigenvalue weighted by molar-refractivity contribution is 7.99. The molecule has 2 rings (SSSR count). The number of carbonyl (C=O) groups is 2. The zero-order valence-electron chi connectivity index (χ0n) is 17.7. The van der Waals surface area contributed by atoms with E-state index in [-0.39, 0.29) is 29.9 Å². The highest BCUT2D eigenvalue weighted by Crippen LogP contribution is 2.27. The Labute approximate surface area is 197 Å². The molecule has 0 spiro atoms. The molecule has 0 fully saturated rings. The number of amides is 2. The number of thioether (sulfide) groups is 1. The van der Waals surface area contributed by atoms with Crippen molar-refractivity contribution in [2.24, 2.45) is 0 Å². The molecule has 0 aromatic heterocycles. The Morgan fingerprint density at radius 1 is 1.13 bits per heavy atom. The smallest absolute Gasteiger partial charge is 0.242 e. The Hall–Kier alpha value is -1.76. The number of hydrogen-bond donors (Lipinski definition) is 1. The van der Waals surface area contributed by atoms with Crippen LogP contribution in [0.3, 0.4) is 0 Å². The van der Waals surface area contributed by atoms with Crippen LogP contribution in [0.15, 0.2) is 42.5 Å². The van der Waals surface area contributed by atoms with Gasteiger partial charge in [-0.2, -0.15) is 0 Å². The molecule has 0 aliphatic rings. The first-order valence-electron chi connectivity index (χ1n) is 10.2. The van der Waals surface area contributed by atoms with Crippen molar-refractivity contribution in [1.29, 1.82) is 0 Å². The highest BCUT2D eigenvalue weighted by atomic mass is 35.5. The summed E-state index contributed by atoms with van der Waals surface area (Å²) in [6.45, 7) is 4.39. The minimum absolute atomic E-state index is 0.100. The second-order valence-corrected chi connectivity index (χ2v) is 8.93. The van der Waals surface area contributed by atoms with Gasteiger partial charge in [0.2, 0.25) is 11.8 Å². The van der Waals surface area contributed by atoms with E-state index in [1.165, 1.54) is 22.7 Å². The molecule has 0 radical (unpaired) electrons. The van der Waals surface area contributed by atoms with Gasteiger partial charge in [-0.15, -0.1) is 11.8 Å². The molecule has 1 N–H and O–H groups in total. The van der Waals surface area contributed by atoms with Crippen LogP contribution in [0.25, 0.3) is 0 Å². The molecule has 0 heterocycles. The van der Waals surface area contributed by atoms with Crippen LogP contribution < -0.4 is 5.32 Å². The fourth-order valence-corrected chi connectivity index (χ4v) is 4.33. The van der Waals surface area contributed by atoms with Crippen molar-refractivity contribution in [1.82, 2.24) is 10.2 Å². The van der Waals surface area contributed by atoms with Gasteiger partial charge < -0.3 is 10.2 Å². The van der Waals surface area contributed by atoms with E-state index >= 15 is 0 Å². The first-order valence-corrected chi connectivity index (χ1v) is 12.1.